The van der Waals surface area contributed by atoms with Gasteiger partial charge in [0.05, 0.1) is 6.61 Å². The van der Waals surface area contributed by atoms with Crippen LogP contribution in [0.1, 0.15) is 24.0 Å². The van der Waals surface area contributed by atoms with Crippen molar-refractivity contribution in [1.29, 1.82) is 0 Å². The van der Waals surface area contributed by atoms with Crippen molar-refractivity contribution >= 4 is 0 Å². The molecule has 0 spiro atoms. The molecule has 15 heavy (non-hydrogen) atoms. The zero-order chi connectivity index (χ0) is 10.5. The number of aryl methyl sites for hydroxylation is 1. The summed E-state index contributed by atoms with van der Waals surface area (Å²) in [5.41, 5.74) is 2.58. The smallest absolute Gasteiger partial charge is 0.0619 e. The lowest BCUT2D eigenvalue weighted by atomic mass is 10.1. The van der Waals surface area contributed by atoms with Gasteiger partial charge in [0.15, 0.2) is 0 Å². The molecule has 2 rings (SSSR count). The minimum atomic E-state index is 0.512. The van der Waals surface area contributed by atoms with E-state index in [9.17, 15) is 0 Å². The first-order chi connectivity index (χ1) is 7.36. The third kappa shape index (κ3) is 3.01. The summed E-state index contributed by atoms with van der Waals surface area (Å²) in [6.45, 7) is 4.78. The summed E-state index contributed by atoms with van der Waals surface area (Å²) in [6, 6.07) is 2.56. The normalized spacial score (nSPS) is 21.5. The lowest BCUT2D eigenvalue weighted by Crippen LogP contribution is -2.36. The maximum absolute atomic E-state index is 5.42. The number of rotatable bonds is 3. The van der Waals surface area contributed by atoms with Crippen molar-refractivity contribution in [2.45, 2.75) is 32.4 Å². The van der Waals surface area contributed by atoms with Gasteiger partial charge in [-0.1, -0.05) is 0 Å². The number of ether oxygens (including phenoxy) is 1. The van der Waals surface area contributed by atoms with Gasteiger partial charge in [-0.25, -0.2) is 0 Å². The summed E-state index contributed by atoms with van der Waals surface area (Å²) >= 11 is 0. The first kappa shape index (κ1) is 10.6. The van der Waals surface area contributed by atoms with Gasteiger partial charge in [-0.2, -0.15) is 0 Å². The molecule has 2 heterocycles. The molecule has 1 aliphatic rings. The van der Waals surface area contributed by atoms with Crippen LogP contribution in [0.4, 0.5) is 0 Å². The molecular weight excluding hydrogens is 188 g/mol. The molecule has 0 radical (unpaired) electrons. The predicted molar refractivity (Wildman–Crippen MR) is 59.7 cm³/mol. The van der Waals surface area contributed by atoms with Crippen LogP contribution in [0.25, 0.3) is 0 Å². The molecule has 0 amide bonds. The fourth-order valence-electron chi connectivity index (χ4n) is 1.84. The first-order valence-electron chi connectivity index (χ1n) is 5.57. The van der Waals surface area contributed by atoms with Crippen LogP contribution in [0.3, 0.4) is 0 Å². The van der Waals surface area contributed by atoms with E-state index in [1.807, 2.05) is 18.5 Å². The van der Waals surface area contributed by atoms with E-state index in [0.717, 1.165) is 19.8 Å². The molecule has 3 nitrogen and oxygen atoms in total. The van der Waals surface area contributed by atoms with Crippen molar-refractivity contribution in [3.8, 4) is 0 Å². The monoisotopic (exact) mass is 206 g/mol. The highest BCUT2D eigenvalue weighted by molar-refractivity contribution is 5.21. The van der Waals surface area contributed by atoms with Crippen molar-refractivity contribution in [3.05, 3.63) is 29.6 Å². The molecule has 1 aromatic rings. The van der Waals surface area contributed by atoms with Crippen molar-refractivity contribution < 1.29 is 4.74 Å². The Bertz CT molecular complexity index is 308. The minimum Gasteiger partial charge on any atom is -0.380 e. The van der Waals surface area contributed by atoms with Crippen molar-refractivity contribution in [1.82, 2.24) is 10.3 Å². The maximum Gasteiger partial charge on any atom is 0.0619 e. The molecule has 82 valence electrons. The van der Waals surface area contributed by atoms with Crippen molar-refractivity contribution in [2.24, 2.45) is 0 Å². The predicted octanol–water partition coefficient (Wildman–Crippen LogP) is 1.66. The van der Waals surface area contributed by atoms with Crippen LogP contribution in [0.15, 0.2) is 18.5 Å². The maximum atomic E-state index is 5.42. The lowest BCUT2D eigenvalue weighted by molar-refractivity contribution is 0.0699. The second-order valence-electron chi connectivity index (χ2n) is 4.10. The fraction of sp³-hybridized carbons (Fsp3) is 0.583. The highest BCUT2D eigenvalue weighted by atomic mass is 16.5. The number of aromatic nitrogens is 1. The SMILES string of the molecule is Cc1ccncc1CNC1CCCOC1. The molecule has 0 bridgehead atoms. The third-order valence-corrected chi connectivity index (χ3v) is 2.89. The largest absolute Gasteiger partial charge is 0.380 e. The molecule has 1 aliphatic heterocycles. The Morgan fingerprint density at radius 1 is 1.60 bits per heavy atom. The molecule has 0 aliphatic carbocycles. The molecule has 0 aromatic carbocycles. The highest BCUT2D eigenvalue weighted by Gasteiger charge is 2.12. The first-order valence-corrected chi connectivity index (χ1v) is 5.57. The summed E-state index contributed by atoms with van der Waals surface area (Å²) < 4.78 is 5.42. The minimum absolute atomic E-state index is 0.512. The van der Waals surface area contributed by atoms with Crippen LogP contribution in [0.2, 0.25) is 0 Å². The Labute approximate surface area is 90.9 Å². The average molecular weight is 206 g/mol. The van der Waals surface area contributed by atoms with Crippen LogP contribution in [0.5, 0.6) is 0 Å². The van der Waals surface area contributed by atoms with Gasteiger partial charge in [0.2, 0.25) is 0 Å². The number of nitrogens with zero attached hydrogens (tertiary/aromatic N) is 1. The molecule has 1 unspecified atom stereocenters. The van der Waals surface area contributed by atoms with Gasteiger partial charge < -0.3 is 10.1 Å². The quantitative estimate of drug-likeness (QED) is 0.816. The molecule has 1 aromatic heterocycles. The van der Waals surface area contributed by atoms with E-state index >= 15 is 0 Å². The van der Waals surface area contributed by atoms with E-state index in [-0.39, 0.29) is 0 Å². The third-order valence-electron chi connectivity index (χ3n) is 2.89. The highest BCUT2D eigenvalue weighted by Crippen LogP contribution is 2.09. The van der Waals surface area contributed by atoms with E-state index in [4.69, 9.17) is 4.74 Å². The van der Waals surface area contributed by atoms with Crippen molar-refractivity contribution in [3.63, 3.8) is 0 Å². The standard InChI is InChI=1S/C12H18N2O/c1-10-4-5-13-7-11(10)8-14-12-3-2-6-15-9-12/h4-5,7,12,14H,2-3,6,8-9H2,1H3. The zero-order valence-corrected chi connectivity index (χ0v) is 9.20. The van der Waals surface area contributed by atoms with Gasteiger partial charge in [0.1, 0.15) is 0 Å². The fourth-order valence-corrected chi connectivity index (χ4v) is 1.84. The second-order valence-corrected chi connectivity index (χ2v) is 4.10. The Balaban J connectivity index is 1.84. The van der Waals surface area contributed by atoms with Crippen LogP contribution in [0, 0.1) is 6.92 Å². The molecule has 3 heteroatoms. The topological polar surface area (TPSA) is 34.2 Å². The van der Waals surface area contributed by atoms with Crippen molar-refractivity contribution in [2.75, 3.05) is 13.2 Å². The van der Waals surface area contributed by atoms with E-state index in [2.05, 4.69) is 17.2 Å². The summed E-state index contributed by atoms with van der Waals surface area (Å²) in [7, 11) is 0. The average Bonchev–Trinajstić information content (AvgIpc) is 2.29. The summed E-state index contributed by atoms with van der Waals surface area (Å²) in [5.74, 6) is 0. The Kier molecular flexibility index (Phi) is 3.69. The Morgan fingerprint density at radius 3 is 3.27 bits per heavy atom. The van der Waals surface area contributed by atoms with E-state index in [0.29, 0.717) is 6.04 Å². The number of hydrogen-bond donors (Lipinski definition) is 1. The van der Waals surface area contributed by atoms with Gasteiger partial charge in [0.25, 0.3) is 0 Å². The summed E-state index contributed by atoms with van der Waals surface area (Å²) in [6.07, 6.45) is 6.16. The van der Waals surface area contributed by atoms with Crippen LogP contribution in [-0.4, -0.2) is 24.2 Å². The summed E-state index contributed by atoms with van der Waals surface area (Å²) in [5, 5.41) is 3.51. The van der Waals surface area contributed by atoms with Gasteiger partial charge in [-0.3, -0.25) is 4.98 Å². The molecule has 1 N–H and O–H groups in total. The Hall–Kier alpha value is -0.930. The lowest BCUT2D eigenvalue weighted by Gasteiger charge is -2.23. The van der Waals surface area contributed by atoms with Gasteiger partial charge >= 0.3 is 0 Å². The Morgan fingerprint density at radius 2 is 2.53 bits per heavy atom. The molecular formula is C12H18N2O. The molecule has 1 atom stereocenters. The van der Waals surface area contributed by atoms with Gasteiger partial charge in [-0.05, 0) is 37.0 Å². The van der Waals surface area contributed by atoms with Crippen LogP contribution < -0.4 is 5.32 Å². The number of nitrogens with one attached hydrogen (secondary N) is 1. The van der Waals surface area contributed by atoms with Crippen LogP contribution in [-0.2, 0) is 11.3 Å². The van der Waals surface area contributed by atoms with E-state index in [1.165, 1.54) is 24.0 Å². The number of pyridine rings is 1. The van der Waals surface area contributed by atoms with Crippen LogP contribution >= 0.6 is 0 Å². The number of hydrogen-bond acceptors (Lipinski definition) is 3. The molecule has 0 saturated carbocycles. The summed E-state index contributed by atoms with van der Waals surface area (Å²) in [4.78, 5) is 4.14. The molecule has 1 fully saturated rings. The van der Waals surface area contributed by atoms with E-state index < -0.39 is 0 Å². The molecule has 1 saturated heterocycles. The van der Waals surface area contributed by atoms with Gasteiger partial charge in [-0.15, -0.1) is 0 Å². The van der Waals surface area contributed by atoms with Gasteiger partial charge in [0, 0.05) is 31.6 Å². The second kappa shape index (κ2) is 5.24. The van der Waals surface area contributed by atoms with E-state index in [1.54, 1.807) is 0 Å². The zero-order valence-electron chi connectivity index (χ0n) is 9.20.